The molecule has 0 bridgehead atoms. The minimum atomic E-state index is -0.573. The molecule has 0 radical (unpaired) electrons. The summed E-state index contributed by atoms with van der Waals surface area (Å²) in [5, 5.41) is 9.38. The minimum absolute atomic E-state index is 0.0306. The molecule has 0 saturated carbocycles. The highest BCUT2D eigenvalue weighted by Crippen LogP contribution is 2.48. The standard InChI is InChI=1S/C20H32O3/c1-14(15-9-11-16(21)12-10-15)23-17(22)20(8,19(5,6)7)13-18(2,3)4/h9-12,14,21H,13H2,1-8H3. The maximum Gasteiger partial charge on any atom is 0.312 e. The van der Waals surface area contributed by atoms with E-state index in [4.69, 9.17) is 4.74 Å². The Labute approximate surface area is 141 Å². The summed E-state index contributed by atoms with van der Waals surface area (Å²) in [5.41, 5.74) is 0.133. The first-order chi connectivity index (χ1) is 10.3. The third-order valence-corrected chi connectivity index (χ3v) is 4.64. The number of carbonyl (C=O) groups excluding carboxylic acids is 1. The number of phenolic OH excluding ortho intramolecular Hbond substituents is 1. The lowest BCUT2D eigenvalue weighted by Gasteiger charge is -2.43. The van der Waals surface area contributed by atoms with Crippen LogP contribution >= 0.6 is 0 Å². The molecule has 0 heterocycles. The van der Waals surface area contributed by atoms with Crippen LogP contribution in [0.5, 0.6) is 5.75 Å². The third-order valence-electron chi connectivity index (χ3n) is 4.64. The van der Waals surface area contributed by atoms with E-state index in [0.29, 0.717) is 0 Å². The van der Waals surface area contributed by atoms with Gasteiger partial charge < -0.3 is 9.84 Å². The van der Waals surface area contributed by atoms with Gasteiger partial charge in [-0.1, -0.05) is 53.7 Å². The Hall–Kier alpha value is -1.51. The van der Waals surface area contributed by atoms with Crippen molar-refractivity contribution < 1.29 is 14.6 Å². The van der Waals surface area contributed by atoms with Crippen molar-refractivity contribution in [2.75, 3.05) is 0 Å². The zero-order valence-corrected chi connectivity index (χ0v) is 15.9. The molecule has 130 valence electrons. The fourth-order valence-electron chi connectivity index (χ4n) is 2.81. The van der Waals surface area contributed by atoms with Crippen LogP contribution in [0.1, 0.15) is 73.5 Å². The lowest BCUT2D eigenvalue weighted by Crippen LogP contribution is -2.44. The van der Waals surface area contributed by atoms with E-state index >= 15 is 0 Å². The number of rotatable bonds is 4. The molecule has 3 nitrogen and oxygen atoms in total. The maximum absolute atomic E-state index is 13.0. The Morgan fingerprint density at radius 3 is 1.91 bits per heavy atom. The summed E-state index contributed by atoms with van der Waals surface area (Å²) in [6, 6.07) is 6.78. The quantitative estimate of drug-likeness (QED) is 0.747. The molecule has 0 aliphatic heterocycles. The van der Waals surface area contributed by atoms with Gasteiger partial charge in [0.15, 0.2) is 0 Å². The number of carbonyl (C=O) groups is 1. The SMILES string of the molecule is CC(OC(=O)C(C)(CC(C)(C)C)C(C)(C)C)c1ccc(O)cc1. The van der Waals surface area contributed by atoms with Gasteiger partial charge >= 0.3 is 5.97 Å². The summed E-state index contributed by atoms with van der Waals surface area (Å²) < 4.78 is 5.79. The van der Waals surface area contributed by atoms with E-state index in [1.54, 1.807) is 24.3 Å². The van der Waals surface area contributed by atoms with Crippen LogP contribution in [0.2, 0.25) is 0 Å². The molecule has 2 atom stereocenters. The maximum atomic E-state index is 13.0. The van der Waals surface area contributed by atoms with Crippen molar-refractivity contribution in [3.05, 3.63) is 29.8 Å². The first kappa shape index (κ1) is 19.5. The van der Waals surface area contributed by atoms with Gasteiger partial charge in [0.2, 0.25) is 0 Å². The number of aromatic hydroxyl groups is 1. The molecule has 1 aromatic carbocycles. The Morgan fingerprint density at radius 2 is 1.52 bits per heavy atom. The molecule has 3 heteroatoms. The first-order valence-corrected chi connectivity index (χ1v) is 8.26. The average Bonchev–Trinajstić information content (AvgIpc) is 2.35. The van der Waals surface area contributed by atoms with Gasteiger partial charge in [0, 0.05) is 0 Å². The molecule has 1 aromatic rings. The van der Waals surface area contributed by atoms with Crippen LogP contribution in [0.3, 0.4) is 0 Å². The summed E-state index contributed by atoms with van der Waals surface area (Å²) in [4.78, 5) is 13.0. The van der Waals surface area contributed by atoms with E-state index in [2.05, 4.69) is 41.5 Å². The van der Waals surface area contributed by atoms with Gasteiger partial charge in [0.1, 0.15) is 11.9 Å². The predicted molar refractivity (Wildman–Crippen MR) is 94.2 cm³/mol. The van der Waals surface area contributed by atoms with Crippen molar-refractivity contribution in [2.45, 2.75) is 67.9 Å². The third kappa shape index (κ3) is 4.98. The summed E-state index contributed by atoms with van der Waals surface area (Å²) in [6.45, 7) is 16.6. The summed E-state index contributed by atoms with van der Waals surface area (Å²) >= 11 is 0. The fourth-order valence-corrected chi connectivity index (χ4v) is 2.81. The molecule has 23 heavy (non-hydrogen) atoms. The summed E-state index contributed by atoms with van der Waals surface area (Å²) in [5.74, 6) is 0.0417. The fraction of sp³-hybridized carbons (Fsp3) is 0.650. The van der Waals surface area contributed by atoms with Crippen LogP contribution < -0.4 is 0 Å². The van der Waals surface area contributed by atoms with Crippen molar-refractivity contribution in [1.29, 1.82) is 0 Å². The highest BCUT2D eigenvalue weighted by atomic mass is 16.5. The van der Waals surface area contributed by atoms with Gasteiger partial charge in [-0.15, -0.1) is 0 Å². The average molecular weight is 320 g/mol. The van der Waals surface area contributed by atoms with Gasteiger partial charge in [-0.25, -0.2) is 0 Å². The first-order valence-electron chi connectivity index (χ1n) is 8.26. The van der Waals surface area contributed by atoms with Crippen molar-refractivity contribution in [2.24, 2.45) is 16.2 Å². The molecule has 0 saturated heterocycles. The van der Waals surface area contributed by atoms with E-state index in [-0.39, 0.29) is 28.7 Å². The van der Waals surface area contributed by atoms with Gasteiger partial charge in [0.05, 0.1) is 5.41 Å². The van der Waals surface area contributed by atoms with Crippen LogP contribution in [-0.4, -0.2) is 11.1 Å². The number of hydrogen-bond acceptors (Lipinski definition) is 3. The van der Waals surface area contributed by atoms with Gasteiger partial charge in [-0.2, -0.15) is 0 Å². The van der Waals surface area contributed by atoms with Crippen LogP contribution in [-0.2, 0) is 9.53 Å². The number of hydrogen-bond donors (Lipinski definition) is 1. The molecule has 0 spiro atoms. The second kappa shape index (κ2) is 6.54. The second-order valence-electron chi connectivity index (χ2n) is 8.96. The zero-order valence-electron chi connectivity index (χ0n) is 15.9. The smallest absolute Gasteiger partial charge is 0.312 e. The van der Waals surface area contributed by atoms with Crippen LogP contribution in [0.15, 0.2) is 24.3 Å². The van der Waals surface area contributed by atoms with Gasteiger partial charge in [0.25, 0.3) is 0 Å². The van der Waals surface area contributed by atoms with E-state index in [0.717, 1.165) is 12.0 Å². The number of phenols is 1. The molecule has 0 aliphatic carbocycles. The summed E-state index contributed by atoms with van der Waals surface area (Å²) in [6.07, 6.45) is 0.412. The normalized spacial score (nSPS) is 16.5. The van der Waals surface area contributed by atoms with E-state index in [9.17, 15) is 9.90 Å². The highest BCUT2D eigenvalue weighted by Gasteiger charge is 2.48. The number of benzene rings is 1. The van der Waals surface area contributed by atoms with Crippen molar-refractivity contribution >= 4 is 5.97 Å². The molecular weight excluding hydrogens is 288 g/mol. The van der Waals surface area contributed by atoms with E-state index < -0.39 is 5.41 Å². The van der Waals surface area contributed by atoms with Crippen LogP contribution in [0.4, 0.5) is 0 Å². The lowest BCUT2D eigenvalue weighted by molar-refractivity contribution is -0.170. The molecular formula is C20H32O3. The van der Waals surface area contributed by atoms with E-state index in [1.807, 2.05) is 13.8 Å². The highest BCUT2D eigenvalue weighted by molar-refractivity contribution is 5.77. The molecule has 2 unspecified atom stereocenters. The monoisotopic (exact) mass is 320 g/mol. The van der Waals surface area contributed by atoms with E-state index in [1.165, 1.54) is 0 Å². The second-order valence-corrected chi connectivity index (χ2v) is 8.96. The molecule has 1 rings (SSSR count). The molecule has 0 fully saturated rings. The lowest BCUT2D eigenvalue weighted by atomic mass is 9.61. The number of esters is 1. The minimum Gasteiger partial charge on any atom is -0.508 e. The summed E-state index contributed by atoms with van der Waals surface area (Å²) in [7, 11) is 0. The molecule has 0 aromatic heterocycles. The van der Waals surface area contributed by atoms with Crippen LogP contribution in [0.25, 0.3) is 0 Å². The van der Waals surface area contributed by atoms with Crippen molar-refractivity contribution in [1.82, 2.24) is 0 Å². The van der Waals surface area contributed by atoms with Crippen LogP contribution in [0, 0.1) is 16.2 Å². The van der Waals surface area contributed by atoms with Gasteiger partial charge in [-0.3, -0.25) is 4.79 Å². The zero-order chi connectivity index (χ0) is 18.1. The Kier molecular flexibility index (Phi) is 5.56. The Bertz CT molecular complexity index is 531. The van der Waals surface area contributed by atoms with Crippen molar-refractivity contribution in [3.63, 3.8) is 0 Å². The largest absolute Gasteiger partial charge is 0.508 e. The molecule has 0 aliphatic rings. The Morgan fingerprint density at radius 1 is 1.04 bits per heavy atom. The molecule has 0 amide bonds. The van der Waals surface area contributed by atoms with Gasteiger partial charge in [-0.05, 0) is 48.8 Å². The topological polar surface area (TPSA) is 46.5 Å². The van der Waals surface area contributed by atoms with Crippen molar-refractivity contribution in [3.8, 4) is 5.75 Å². The Balaban J connectivity index is 3.00. The predicted octanol–water partition coefficient (Wildman–Crippen LogP) is 5.49. The number of ether oxygens (including phenoxy) is 1. The molecule has 1 N–H and O–H groups in total.